The Balaban J connectivity index is 0.000000791. The molecule has 0 heterocycles. The minimum atomic E-state index is -2.11. The summed E-state index contributed by atoms with van der Waals surface area (Å²) >= 11 is 0. The van der Waals surface area contributed by atoms with E-state index in [9.17, 15) is 15.0 Å². The third-order valence-electron chi connectivity index (χ3n) is 3.18. The minimum absolute atomic E-state index is 0. The molecule has 0 unspecified atom stereocenters. The number of rotatable bonds is 4. The van der Waals surface area contributed by atoms with Gasteiger partial charge in [0.1, 0.15) is 0 Å². The molecule has 2 rings (SSSR count). The number of aliphatic carboxylic acids is 1. The number of carbonyl (C=O) groups excluding carboxylic acids is 1. The molecule has 3 nitrogen and oxygen atoms in total. The molecule has 0 saturated heterocycles. The molecule has 4 heteroatoms. The summed E-state index contributed by atoms with van der Waals surface area (Å²) in [6.07, 6.45) is 2.64. The molecular formula is C18H21NaO3. The van der Waals surface area contributed by atoms with Crippen molar-refractivity contribution in [3.05, 3.63) is 71.8 Å². The molecule has 0 spiro atoms. The van der Waals surface area contributed by atoms with E-state index in [1.54, 1.807) is 60.7 Å². The quantitative estimate of drug-likeness (QED) is 0.774. The maximum atomic E-state index is 11.3. The van der Waals surface area contributed by atoms with E-state index in [-0.39, 0.29) is 40.7 Å². The maximum Gasteiger partial charge on any atom is 1.00 e. The van der Waals surface area contributed by atoms with Gasteiger partial charge in [-0.2, -0.15) is 0 Å². The van der Waals surface area contributed by atoms with Gasteiger partial charge in [0, 0.05) is 0 Å². The van der Waals surface area contributed by atoms with Crippen LogP contribution in [0.1, 0.15) is 37.8 Å². The average molecular weight is 308 g/mol. The zero-order valence-electron chi connectivity index (χ0n) is 13.5. The Morgan fingerprint density at radius 1 is 0.909 bits per heavy atom. The zero-order valence-corrected chi connectivity index (χ0v) is 15.5. The Kier molecular flexibility index (Phi) is 10.0. The molecule has 2 aromatic carbocycles. The SMILES string of the molecule is CCCC.O=C([O-])C(O)(c1ccccc1)c1ccccc1.[Na+]. The van der Waals surface area contributed by atoms with E-state index in [4.69, 9.17) is 0 Å². The van der Waals surface area contributed by atoms with Crippen LogP contribution in [0, 0.1) is 0 Å². The van der Waals surface area contributed by atoms with Crippen LogP contribution in [0.2, 0.25) is 0 Å². The molecule has 0 aliphatic heterocycles. The second-order valence-electron chi connectivity index (χ2n) is 4.73. The Hall–Kier alpha value is -1.13. The third-order valence-corrected chi connectivity index (χ3v) is 3.18. The Bertz CT molecular complexity index is 499. The number of hydrogen-bond acceptors (Lipinski definition) is 3. The first-order chi connectivity index (χ1) is 10.1. The summed E-state index contributed by atoms with van der Waals surface area (Å²) < 4.78 is 0. The Labute approximate surface area is 154 Å². The number of hydrogen-bond donors (Lipinski definition) is 1. The molecule has 0 atom stereocenters. The van der Waals surface area contributed by atoms with E-state index in [0.29, 0.717) is 0 Å². The van der Waals surface area contributed by atoms with Gasteiger partial charge in [-0.25, -0.2) is 0 Å². The van der Waals surface area contributed by atoms with Gasteiger partial charge in [0.2, 0.25) is 0 Å². The zero-order chi connectivity index (χ0) is 15.7. The van der Waals surface area contributed by atoms with E-state index < -0.39 is 11.6 Å². The molecule has 0 saturated carbocycles. The van der Waals surface area contributed by atoms with Crippen molar-refractivity contribution in [3.63, 3.8) is 0 Å². The van der Waals surface area contributed by atoms with Crippen molar-refractivity contribution in [3.8, 4) is 0 Å². The summed E-state index contributed by atoms with van der Waals surface area (Å²) in [5.41, 5.74) is -1.54. The second-order valence-corrected chi connectivity index (χ2v) is 4.73. The number of carboxylic acids is 1. The van der Waals surface area contributed by atoms with Crippen LogP contribution in [0.5, 0.6) is 0 Å². The number of aliphatic hydroxyl groups is 1. The van der Waals surface area contributed by atoms with E-state index in [0.717, 1.165) is 0 Å². The third kappa shape index (κ3) is 5.25. The summed E-state index contributed by atoms with van der Waals surface area (Å²) in [6.45, 7) is 4.36. The maximum absolute atomic E-state index is 11.3. The van der Waals surface area contributed by atoms with E-state index >= 15 is 0 Å². The van der Waals surface area contributed by atoms with E-state index in [1.807, 2.05) is 0 Å². The normalized spacial score (nSPS) is 9.95. The average Bonchev–Trinajstić information content (AvgIpc) is 2.55. The van der Waals surface area contributed by atoms with Crippen molar-refractivity contribution >= 4 is 5.97 Å². The molecule has 0 amide bonds. The van der Waals surface area contributed by atoms with Gasteiger partial charge in [-0.1, -0.05) is 87.4 Å². The summed E-state index contributed by atoms with van der Waals surface area (Å²) in [5.74, 6) is -1.53. The number of carboxylic acid groups (broad SMARTS) is 1. The first-order valence-corrected chi connectivity index (χ1v) is 7.12. The van der Waals surface area contributed by atoms with Gasteiger partial charge in [-0.15, -0.1) is 0 Å². The number of benzene rings is 2. The predicted molar refractivity (Wildman–Crippen MR) is 81.5 cm³/mol. The Morgan fingerprint density at radius 2 is 1.23 bits per heavy atom. The van der Waals surface area contributed by atoms with Gasteiger partial charge in [-0.3, -0.25) is 0 Å². The van der Waals surface area contributed by atoms with E-state index in [1.165, 1.54) is 12.8 Å². The van der Waals surface area contributed by atoms with Crippen LogP contribution in [0.4, 0.5) is 0 Å². The largest absolute Gasteiger partial charge is 1.00 e. The molecule has 1 N–H and O–H groups in total. The molecular weight excluding hydrogens is 287 g/mol. The van der Waals surface area contributed by atoms with Crippen LogP contribution in [0.15, 0.2) is 60.7 Å². The summed E-state index contributed by atoms with van der Waals surface area (Å²) in [7, 11) is 0. The Morgan fingerprint density at radius 3 is 1.45 bits per heavy atom. The van der Waals surface area contributed by atoms with Gasteiger partial charge >= 0.3 is 29.6 Å². The van der Waals surface area contributed by atoms with Crippen molar-refractivity contribution in [1.29, 1.82) is 0 Å². The molecule has 22 heavy (non-hydrogen) atoms. The van der Waals surface area contributed by atoms with Crippen LogP contribution in [-0.2, 0) is 10.4 Å². The fraction of sp³-hybridized carbons (Fsp3) is 0.278. The van der Waals surface area contributed by atoms with Crippen molar-refractivity contribution in [2.45, 2.75) is 32.3 Å². The first kappa shape index (κ1) is 20.9. The van der Waals surface area contributed by atoms with Crippen molar-refractivity contribution < 1.29 is 44.6 Å². The first-order valence-electron chi connectivity index (χ1n) is 7.12. The van der Waals surface area contributed by atoms with Crippen molar-refractivity contribution in [1.82, 2.24) is 0 Å². The summed E-state index contributed by atoms with van der Waals surface area (Å²) in [5, 5.41) is 21.6. The monoisotopic (exact) mass is 308 g/mol. The second kappa shape index (κ2) is 10.6. The van der Waals surface area contributed by atoms with Gasteiger partial charge in [0.05, 0.1) is 5.97 Å². The molecule has 2 aromatic rings. The van der Waals surface area contributed by atoms with Crippen molar-refractivity contribution in [2.24, 2.45) is 0 Å². The molecule has 0 aliphatic carbocycles. The molecule has 0 aromatic heterocycles. The van der Waals surface area contributed by atoms with Crippen LogP contribution in [0.25, 0.3) is 0 Å². The van der Waals surface area contributed by atoms with Crippen LogP contribution in [-0.4, -0.2) is 11.1 Å². The fourth-order valence-electron chi connectivity index (χ4n) is 1.76. The molecule has 0 bridgehead atoms. The molecule has 112 valence electrons. The summed E-state index contributed by atoms with van der Waals surface area (Å²) in [6, 6.07) is 16.4. The van der Waals surface area contributed by atoms with E-state index in [2.05, 4.69) is 13.8 Å². The number of unbranched alkanes of at least 4 members (excludes halogenated alkanes) is 1. The molecule has 0 radical (unpaired) electrons. The summed E-state index contributed by atoms with van der Waals surface area (Å²) in [4.78, 5) is 11.3. The predicted octanol–water partition coefficient (Wildman–Crippen LogP) is -0.517. The minimum Gasteiger partial charge on any atom is -0.546 e. The van der Waals surface area contributed by atoms with Gasteiger partial charge in [-0.05, 0) is 11.1 Å². The standard InChI is InChI=1S/C14H12O3.C4H10.Na/c15-13(16)14(17,11-7-3-1-4-8-11)12-9-5-2-6-10-12;1-3-4-2;/h1-10,17H,(H,15,16);3-4H2,1-2H3;/q;;+1/p-1. The van der Waals surface area contributed by atoms with Gasteiger partial charge < -0.3 is 15.0 Å². The molecule has 0 fully saturated rings. The van der Waals surface area contributed by atoms with Crippen molar-refractivity contribution in [2.75, 3.05) is 0 Å². The fourth-order valence-corrected chi connectivity index (χ4v) is 1.76. The number of carbonyl (C=O) groups is 1. The smallest absolute Gasteiger partial charge is 0.546 e. The van der Waals surface area contributed by atoms with Crippen LogP contribution in [0.3, 0.4) is 0 Å². The van der Waals surface area contributed by atoms with Crippen LogP contribution < -0.4 is 34.7 Å². The van der Waals surface area contributed by atoms with Gasteiger partial charge in [0.15, 0.2) is 5.60 Å². The topological polar surface area (TPSA) is 60.4 Å². The van der Waals surface area contributed by atoms with Gasteiger partial charge in [0.25, 0.3) is 0 Å². The van der Waals surface area contributed by atoms with Crippen LogP contribution >= 0.6 is 0 Å². The molecule has 0 aliphatic rings.